The minimum absolute atomic E-state index is 1.29. The first-order chi connectivity index (χ1) is 34.2. The number of aromatic nitrogens is 1. The van der Waals surface area contributed by atoms with Gasteiger partial charge in [-0.2, -0.15) is 4.57 Å². The van der Waals surface area contributed by atoms with E-state index in [0.717, 1.165) is 0 Å². The van der Waals surface area contributed by atoms with E-state index in [-0.39, 0.29) is 0 Å². The van der Waals surface area contributed by atoms with Gasteiger partial charge in [0.15, 0.2) is 11.4 Å². The Morgan fingerprint density at radius 1 is 0.174 bits per heavy atom. The molecule has 1 heteroatoms. The average Bonchev–Trinajstić information content (AvgIpc) is 3.36. The highest BCUT2D eigenvalue weighted by molar-refractivity contribution is 5.39. The summed E-state index contributed by atoms with van der Waals surface area (Å²) in [5.74, 6) is 0. The van der Waals surface area contributed by atoms with E-state index in [2.05, 4.69) is 46.1 Å². The SMILES string of the molecule is CCCCCCCCCCCCCc1c(CCCCCCCCCC)c(CCCCCCCCCC)c(CCCCCCCCCC)c(CCCCCCCCCC)[n+]1CCCCCCCCCC. The monoisotopic (exact) mass is 963 g/mol. The molecule has 0 aliphatic carbocycles. The van der Waals surface area contributed by atoms with E-state index in [0.29, 0.717) is 0 Å². The quantitative estimate of drug-likeness (QED) is 0.0452. The van der Waals surface area contributed by atoms with E-state index < -0.39 is 0 Å². The van der Waals surface area contributed by atoms with Gasteiger partial charge in [0, 0.05) is 30.4 Å². The third kappa shape index (κ3) is 38.4. The maximum Gasteiger partial charge on any atom is 0.185 e. The molecule has 0 saturated heterocycles. The van der Waals surface area contributed by atoms with Crippen LogP contribution in [-0.4, -0.2) is 0 Å². The lowest BCUT2D eigenvalue weighted by Gasteiger charge is -2.23. The second kappa shape index (κ2) is 53.4. The van der Waals surface area contributed by atoms with Gasteiger partial charge >= 0.3 is 0 Å². The second-order valence-electron chi connectivity index (χ2n) is 23.1. The zero-order valence-electron chi connectivity index (χ0n) is 49.3. The van der Waals surface area contributed by atoms with E-state index in [1.807, 2.05) is 28.1 Å². The predicted octanol–water partition coefficient (Wildman–Crippen LogP) is 23.7. The number of nitrogens with zero attached hydrogens (tertiary/aromatic N) is 1. The summed E-state index contributed by atoms with van der Waals surface area (Å²) in [4.78, 5) is 0. The van der Waals surface area contributed by atoms with Crippen molar-refractivity contribution < 1.29 is 4.57 Å². The molecule has 0 aliphatic rings. The molecule has 1 heterocycles. The molecular formula is C68H132N+. The highest BCUT2D eigenvalue weighted by Gasteiger charge is 2.29. The lowest BCUT2D eigenvalue weighted by atomic mass is 9.85. The van der Waals surface area contributed by atoms with Gasteiger partial charge in [-0.25, -0.2) is 0 Å². The highest BCUT2D eigenvalue weighted by atomic mass is 15.0. The molecule has 0 aromatic carbocycles. The molecular weight excluding hydrogens is 831 g/mol. The summed E-state index contributed by atoms with van der Waals surface area (Å²) >= 11 is 0. The molecule has 0 N–H and O–H groups in total. The first kappa shape index (κ1) is 66.2. The summed E-state index contributed by atoms with van der Waals surface area (Å²) in [6.45, 7) is 15.5. The summed E-state index contributed by atoms with van der Waals surface area (Å²) in [6, 6.07) is 0. The largest absolute Gasteiger partial charge is 0.199 e. The Morgan fingerprint density at radius 2 is 0.348 bits per heavy atom. The van der Waals surface area contributed by atoms with Crippen LogP contribution >= 0.6 is 0 Å². The van der Waals surface area contributed by atoms with Crippen LogP contribution in [0.1, 0.15) is 397 Å². The standard InChI is InChI=1S/C68H132N/c1-7-13-19-25-31-37-38-39-44-50-56-62-68-66(60-54-48-42-34-28-22-16-10-4)64(58-52-46-40-32-26-20-14-8-2)65(59-53-47-41-33-27-21-15-9-3)67(61-55-49-43-35-29-23-17-11-5)69(68)63-57-51-45-36-30-24-18-12-6/h7-63H2,1-6H3/q+1. The van der Waals surface area contributed by atoms with Crippen molar-refractivity contribution in [3.63, 3.8) is 0 Å². The smallest absolute Gasteiger partial charge is 0.185 e. The molecule has 1 nitrogen and oxygen atoms in total. The van der Waals surface area contributed by atoms with E-state index in [1.54, 1.807) is 0 Å². The summed E-state index contributed by atoms with van der Waals surface area (Å²) in [5, 5.41) is 0. The minimum Gasteiger partial charge on any atom is -0.199 e. The van der Waals surface area contributed by atoms with Crippen LogP contribution in [0.3, 0.4) is 0 Å². The Labute approximate surface area is 438 Å². The molecule has 0 fully saturated rings. The molecule has 69 heavy (non-hydrogen) atoms. The van der Waals surface area contributed by atoms with Gasteiger partial charge in [0.25, 0.3) is 0 Å². The number of pyridine rings is 1. The van der Waals surface area contributed by atoms with Crippen molar-refractivity contribution in [1.29, 1.82) is 0 Å². The molecule has 1 aromatic rings. The van der Waals surface area contributed by atoms with Crippen LogP contribution in [0, 0.1) is 0 Å². The first-order valence-corrected chi connectivity index (χ1v) is 33.3. The van der Waals surface area contributed by atoms with Crippen LogP contribution < -0.4 is 4.57 Å². The zero-order chi connectivity index (χ0) is 49.8. The van der Waals surface area contributed by atoms with Gasteiger partial charge in [0.2, 0.25) is 0 Å². The van der Waals surface area contributed by atoms with Gasteiger partial charge in [-0.3, -0.25) is 0 Å². The third-order valence-corrected chi connectivity index (χ3v) is 16.4. The number of hydrogen-bond acceptors (Lipinski definition) is 0. The van der Waals surface area contributed by atoms with Gasteiger partial charge < -0.3 is 0 Å². The lowest BCUT2D eigenvalue weighted by molar-refractivity contribution is -0.712. The van der Waals surface area contributed by atoms with Crippen molar-refractivity contribution in [3.05, 3.63) is 28.1 Å². The maximum absolute atomic E-state index is 3.13. The molecule has 0 saturated carbocycles. The fraction of sp³-hybridized carbons (Fsp3) is 0.926. The Kier molecular flexibility index (Phi) is 51.2. The predicted molar refractivity (Wildman–Crippen MR) is 315 cm³/mol. The molecule has 0 unspecified atom stereocenters. The Bertz CT molecular complexity index is 1100. The molecule has 1 rings (SSSR count). The molecule has 0 spiro atoms. The van der Waals surface area contributed by atoms with Crippen LogP contribution in [0.4, 0.5) is 0 Å². The highest BCUT2D eigenvalue weighted by Crippen LogP contribution is 2.30. The maximum atomic E-state index is 3.13. The van der Waals surface area contributed by atoms with Crippen molar-refractivity contribution in [2.75, 3.05) is 0 Å². The second-order valence-corrected chi connectivity index (χ2v) is 23.1. The van der Waals surface area contributed by atoms with Gasteiger partial charge in [-0.05, 0) is 63.4 Å². The summed E-state index contributed by atoms with van der Waals surface area (Å²) in [6.07, 6.45) is 79.8. The Hall–Kier alpha value is -0.850. The average molecular weight is 964 g/mol. The molecule has 0 bridgehead atoms. The fourth-order valence-corrected chi connectivity index (χ4v) is 11.8. The molecule has 0 radical (unpaired) electrons. The minimum atomic E-state index is 1.29. The number of hydrogen-bond donors (Lipinski definition) is 0. The summed E-state index contributed by atoms with van der Waals surface area (Å²) in [7, 11) is 0. The van der Waals surface area contributed by atoms with Gasteiger partial charge in [-0.15, -0.1) is 0 Å². The van der Waals surface area contributed by atoms with Crippen LogP contribution in [0.25, 0.3) is 0 Å². The van der Waals surface area contributed by atoms with Crippen molar-refractivity contribution in [3.8, 4) is 0 Å². The van der Waals surface area contributed by atoms with Crippen molar-refractivity contribution >= 4 is 0 Å². The van der Waals surface area contributed by atoms with Crippen molar-refractivity contribution in [2.24, 2.45) is 0 Å². The number of unbranched alkanes of at least 4 members (excludes halogenated alkanes) is 45. The Balaban J connectivity index is 3.69. The van der Waals surface area contributed by atoms with Gasteiger partial charge in [0.1, 0.15) is 6.54 Å². The molecule has 0 amide bonds. The van der Waals surface area contributed by atoms with Crippen LogP contribution in [0.2, 0.25) is 0 Å². The van der Waals surface area contributed by atoms with E-state index in [9.17, 15) is 0 Å². The number of rotatable bonds is 57. The van der Waals surface area contributed by atoms with Gasteiger partial charge in [-0.1, -0.05) is 324 Å². The first-order valence-electron chi connectivity index (χ1n) is 33.3. The third-order valence-electron chi connectivity index (χ3n) is 16.4. The van der Waals surface area contributed by atoms with E-state index in [1.165, 1.54) is 366 Å². The zero-order valence-corrected chi connectivity index (χ0v) is 49.3. The molecule has 0 atom stereocenters. The normalized spacial score (nSPS) is 11.7. The van der Waals surface area contributed by atoms with Crippen LogP contribution in [0.5, 0.6) is 0 Å². The van der Waals surface area contributed by atoms with Crippen molar-refractivity contribution in [1.82, 2.24) is 0 Å². The topological polar surface area (TPSA) is 3.88 Å². The Morgan fingerprint density at radius 3 is 0.580 bits per heavy atom. The molecule has 0 aliphatic heterocycles. The van der Waals surface area contributed by atoms with E-state index >= 15 is 0 Å². The van der Waals surface area contributed by atoms with Crippen LogP contribution in [-0.2, 0) is 38.6 Å². The summed E-state index contributed by atoms with van der Waals surface area (Å²) in [5.41, 5.74) is 9.46. The molecule has 1 aromatic heterocycles. The van der Waals surface area contributed by atoms with Crippen molar-refractivity contribution in [2.45, 2.75) is 408 Å². The summed E-state index contributed by atoms with van der Waals surface area (Å²) < 4.78 is 3.13. The fourth-order valence-electron chi connectivity index (χ4n) is 11.8. The molecule has 408 valence electrons. The van der Waals surface area contributed by atoms with E-state index in [4.69, 9.17) is 0 Å². The van der Waals surface area contributed by atoms with Gasteiger partial charge in [0.05, 0.1) is 0 Å². The van der Waals surface area contributed by atoms with Crippen LogP contribution in [0.15, 0.2) is 0 Å². The lowest BCUT2D eigenvalue weighted by Crippen LogP contribution is -2.46.